The summed E-state index contributed by atoms with van der Waals surface area (Å²) in [6, 6.07) is 16.9. The number of nitrogens with zero attached hydrogens (tertiary/aromatic N) is 2. The van der Waals surface area contributed by atoms with E-state index in [1.54, 1.807) is 26.2 Å². The third-order valence-corrected chi connectivity index (χ3v) is 5.05. The van der Waals surface area contributed by atoms with Crippen LogP contribution in [0.3, 0.4) is 0 Å². The van der Waals surface area contributed by atoms with Gasteiger partial charge in [-0.25, -0.2) is 9.37 Å². The Kier molecular flexibility index (Phi) is 5.14. The molecule has 30 heavy (non-hydrogen) atoms. The lowest BCUT2D eigenvalue weighted by Gasteiger charge is -2.15. The zero-order valence-electron chi connectivity index (χ0n) is 17.0. The van der Waals surface area contributed by atoms with Gasteiger partial charge in [0.15, 0.2) is 5.82 Å². The number of hydrogen-bond donors (Lipinski definition) is 2. The van der Waals surface area contributed by atoms with Crippen molar-refractivity contribution in [3.8, 4) is 11.1 Å². The Morgan fingerprint density at radius 3 is 2.47 bits per heavy atom. The molecule has 0 atom stereocenters. The molecule has 150 valence electrons. The van der Waals surface area contributed by atoms with Gasteiger partial charge in [0.05, 0.1) is 16.9 Å². The highest BCUT2D eigenvalue weighted by molar-refractivity contribution is 5.97. The number of aryl methyl sites for hydroxylation is 2. The van der Waals surface area contributed by atoms with Crippen LogP contribution in [-0.4, -0.2) is 22.9 Å². The third kappa shape index (κ3) is 3.59. The molecule has 0 aliphatic heterocycles. The summed E-state index contributed by atoms with van der Waals surface area (Å²) >= 11 is 0. The first-order valence-electron chi connectivity index (χ1n) is 9.59. The van der Waals surface area contributed by atoms with Gasteiger partial charge in [-0.3, -0.25) is 9.78 Å². The Morgan fingerprint density at radius 2 is 1.77 bits per heavy atom. The summed E-state index contributed by atoms with van der Waals surface area (Å²) in [5.74, 6) is -0.623. The van der Waals surface area contributed by atoms with Gasteiger partial charge in [-0.1, -0.05) is 30.3 Å². The number of rotatable bonds is 4. The second-order valence-electron chi connectivity index (χ2n) is 7.07. The fraction of sp³-hybridized carbons (Fsp3) is 0.125. The van der Waals surface area contributed by atoms with Crippen LogP contribution in [-0.2, 0) is 0 Å². The largest absolute Gasteiger partial charge is 0.354 e. The summed E-state index contributed by atoms with van der Waals surface area (Å²) in [6.07, 6.45) is 1.64. The molecule has 2 aromatic heterocycles. The van der Waals surface area contributed by atoms with E-state index in [1.807, 2.05) is 55.5 Å². The highest BCUT2D eigenvalue weighted by atomic mass is 19.1. The highest BCUT2D eigenvalue weighted by Gasteiger charge is 2.15. The number of fused-ring (bicyclic) bond motifs is 1. The molecule has 0 radical (unpaired) electrons. The number of hydrogen-bond acceptors (Lipinski definition) is 4. The molecule has 0 aliphatic rings. The van der Waals surface area contributed by atoms with Gasteiger partial charge >= 0.3 is 0 Å². The Morgan fingerprint density at radius 1 is 1.00 bits per heavy atom. The van der Waals surface area contributed by atoms with Crippen molar-refractivity contribution in [2.24, 2.45) is 0 Å². The lowest BCUT2D eigenvalue weighted by Crippen LogP contribution is -2.18. The number of aromatic nitrogens is 2. The Balaban J connectivity index is 1.82. The number of nitrogens with one attached hydrogen (secondary N) is 2. The molecular weight excluding hydrogens is 379 g/mol. The lowest BCUT2D eigenvalue weighted by atomic mass is 10.0. The van der Waals surface area contributed by atoms with Gasteiger partial charge < -0.3 is 10.6 Å². The summed E-state index contributed by atoms with van der Waals surface area (Å²) in [4.78, 5) is 20.3. The van der Waals surface area contributed by atoms with Crippen molar-refractivity contribution >= 4 is 28.2 Å². The van der Waals surface area contributed by atoms with Crippen LogP contribution < -0.4 is 10.6 Å². The predicted octanol–water partition coefficient (Wildman–Crippen LogP) is 5.16. The maximum absolute atomic E-state index is 15.1. The smallest absolute Gasteiger partial charge is 0.269 e. The quantitative estimate of drug-likeness (QED) is 0.497. The molecule has 5 nitrogen and oxygen atoms in total. The maximum atomic E-state index is 15.1. The van der Waals surface area contributed by atoms with Crippen LogP contribution in [0.1, 0.15) is 21.7 Å². The van der Waals surface area contributed by atoms with Crippen LogP contribution in [0.5, 0.6) is 0 Å². The molecule has 2 heterocycles. The number of carbonyl (C=O) groups is 1. The first kappa shape index (κ1) is 19.5. The summed E-state index contributed by atoms with van der Waals surface area (Å²) in [6.45, 7) is 3.63. The standard InChI is InChI=1S/C24H21FN4O/c1-14-6-4-5-7-19(14)29-23-18-12-16(8-10-20(18)28-15(2)22(23)25)17-9-11-21(27-13-17)24(30)26-3/h4-13H,1-3H3,(H,26,30)(H,28,29). The molecule has 6 heteroatoms. The molecule has 0 saturated carbocycles. The zero-order chi connectivity index (χ0) is 21.3. The molecule has 0 unspecified atom stereocenters. The SMILES string of the molecule is CNC(=O)c1ccc(-c2ccc3nc(C)c(F)c(Nc4ccccc4C)c3c2)cn1. The number of benzene rings is 2. The van der Waals surface area contributed by atoms with E-state index in [-0.39, 0.29) is 11.7 Å². The van der Waals surface area contributed by atoms with E-state index in [0.717, 1.165) is 22.4 Å². The molecule has 1 amide bonds. The third-order valence-electron chi connectivity index (χ3n) is 5.05. The summed E-state index contributed by atoms with van der Waals surface area (Å²) in [7, 11) is 1.56. The zero-order valence-corrected chi connectivity index (χ0v) is 17.0. The van der Waals surface area contributed by atoms with Crippen molar-refractivity contribution in [2.45, 2.75) is 13.8 Å². The van der Waals surface area contributed by atoms with Crippen LogP contribution >= 0.6 is 0 Å². The van der Waals surface area contributed by atoms with E-state index in [2.05, 4.69) is 20.6 Å². The number of amides is 1. The van der Waals surface area contributed by atoms with Gasteiger partial charge in [0.1, 0.15) is 5.69 Å². The van der Waals surface area contributed by atoms with E-state index in [4.69, 9.17) is 0 Å². The molecule has 2 aromatic carbocycles. The molecular formula is C24H21FN4O. The minimum atomic E-state index is -0.379. The number of para-hydroxylation sites is 1. The molecule has 0 fully saturated rings. The Bertz CT molecular complexity index is 1250. The summed E-state index contributed by atoms with van der Waals surface area (Å²) < 4.78 is 15.1. The maximum Gasteiger partial charge on any atom is 0.269 e. The van der Waals surface area contributed by atoms with Gasteiger partial charge in [0, 0.05) is 29.9 Å². The van der Waals surface area contributed by atoms with Gasteiger partial charge in [-0.2, -0.15) is 0 Å². The van der Waals surface area contributed by atoms with E-state index in [1.165, 1.54) is 0 Å². The van der Waals surface area contributed by atoms with Crippen LogP contribution in [0, 0.1) is 19.7 Å². The highest BCUT2D eigenvalue weighted by Crippen LogP contribution is 2.33. The monoisotopic (exact) mass is 400 g/mol. The Labute approximate surface area is 174 Å². The lowest BCUT2D eigenvalue weighted by molar-refractivity contribution is 0.0958. The molecule has 4 aromatic rings. The van der Waals surface area contributed by atoms with E-state index in [0.29, 0.717) is 28.0 Å². The average molecular weight is 400 g/mol. The van der Waals surface area contributed by atoms with Crippen molar-refractivity contribution in [1.29, 1.82) is 0 Å². The topological polar surface area (TPSA) is 66.9 Å². The fourth-order valence-corrected chi connectivity index (χ4v) is 3.34. The second kappa shape index (κ2) is 7.91. The molecule has 0 bridgehead atoms. The number of anilines is 2. The Hall–Kier alpha value is -3.80. The number of halogens is 1. The van der Waals surface area contributed by atoms with Gasteiger partial charge in [-0.15, -0.1) is 0 Å². The number of pyridine rings is 2. The fourth-order valence-electron chi connectivity index (χ4n) is 3.34. The first-order chi connectivity index (χ1) is 14.5. The van der Waals surface area contributed by atoms with Gasteiger partial charge in [0.2, 0.25) is 0 Å². The molecule has 2 N–H and O–H groups in total. The van der Waals surface area contributed by atoms with Crippen LogP contribution in [0.2, 0.25) is 0 Å². The van der Waals surface area contributed by atoms with E-state index < -0.39 is 0 Å². The van der Waals surface area contributed by atoms with Crippen molar-refractivity contribution in [3.63, 3.8) is 0 Å². The first-order valence-corrected chi connectivity index (χ1v) is 9.59. The minimum Gasteiger partial charge on any atom is -0.354 e. The summed E-state index contributed by atoms with van der Waals surface area (Å²) in [5, 5.41) is 6.48. The predicted molar refractivity (Wildman–Crippen MR) is 118 cm³/mol. The van der Waals surface area contributed by atoms with Crippen LogP contribution in [0.15, 0.2) is 60.8 Å². The van der Waals surface area contributed by atoms with Gasteiger partial charge in [-0.05, 0) is 49.2 Å². The van der Waals surface area contributed by atoms with E-state index in [9.17, 15) is 4.79 Å². The van der Waals surface area contributed by atoms with Gasteiger partial charge in [0.25, 0.3) is 5.91 Å². The number of carbonyl (C=O) groups excluding carboxylic acids is 1. The normalized spacial score (nSPS) is 10.8. The van der Waals surface area contributed by atoms with Crippen molar-refractivity contribution in [2.75, 3.05) is 12.4 Å². The van der Waals surface area contributed by atoms with Crippen molar-refractivity contribution in [1.82, 2.24) is 15.3 Å². The van der Waals surface area contributed by atoms with Crippen molar-refractivity contribution < 1.29 is 9.18 Å². The van der Waals surface area contributed by atoms with Crippen molar-refractivity contribution in [3.05, 3.63) is 83.6 Å². The molecule has 4 rings (SSSR count). The van der Waals surface area contributed by atoms with Crippen LogP contribution in [0.25, 0.3) is 22.0 Å². The summed E-state index contributed by atoms with van der Waals surface area (Å²) in [5.41, 5.74) is 5.31. The molecule has 0 saturated heterocycles. The second-order valence-corrected chi connectivity index (χ2v) is 7.07. The molecule has 0 spiro atoms. The minimum absolute atomic E-state index is 0.244. The van der Waals surface area contributed by atoms with E-state index >= 15 is 4.39 Å². The average Bonchev–Trinajstić information content (AvgIpc) is 2.77. The molecule has 0 aliphatic carbocycles. The van der Waals surface area contributed by atoms with Crippen LogP contribution in [0.4, 0.5) is 15.8 Å².